The molecular formula is C14H10N6O. The molecule has 7 nitrogen and oxygen atoms in total. The summed E-state index contributed by atoms with van der Waals surface area (Å²) in [7, 11) is 0. The second-order valence-electron chi connectivity index (χ2n) is 4.61. The Labute approximate surface area is 118 Å². The predicted octanol–water partition coefficient (Wildman–Crippen LogP) is 1.40. The zero-order valence-electron chi connectivity index (χ0n) is 10.8. The highest BCUT2D eigenvalue weighted by Gasteiger charge is 2.19. The van der Waals surface area contributed by atoms with E-state index < -0.39 is 0 Å². The standard InChI is InChI=1S/C14H10N6O/c15-11-10-13(17-6-16-11)20-12(19-10)9-7-4-2-1-3-5-8(7)18-14(9)21/h1-6H,(H,18,21)(H3,15,16,17,19,20). The van der Waals surface area contributed by atoms with Crippen molar-refractivity contribution in [3.8, 4) is 22.6 Å². The molecule has 0 unspecified atom stereocenters. The molecule has 1 aliphatic carbocycles. The number of hydrogen-bond acceptors (Lipinski definition) is 5. The third-order valence-electron chi connectivity index (χ3n) is 3.33. The van der Waals surface area contributed by atoms with Crippen molar-refractivity contribution in [3.05, 3.63) is 47.0 Å². The molecule has 0 saturated heterocycles. The van der Waals surface area contributed by atoms with E-state index in [4.69, 9.17) is 5.73 Å². The normalized spacial score (nSPS) is 11.2. The number of fused-ring (bicyclic) bond motifs is 2. The van der Waals surface area contributed by atoms with Gasteiger partial charge in [0.25, 0.3) is 5.56 Å². The van der Waals surface area contributed by atoms with Crippen molar-refractivity contribution in [2.24, 2.45) is 0 Å². The molecule has 4 rings (SSSR count). The number of aromatic amines is 2. The molecule has 0 fully saturated rings. The van der Waals surface area contributed by atoms with Gasteiger partial charge in [0.15, 0.2) is 17.0 Å². The van der Waals surface area contributed by atoms with Gasteiger partial charge in [0.2, 0.25) is 0 Å². The van der Waals surface area contributed by atoms with Crippen LogP contribution in [0.15, 0.2) is 41.5 Å². The van der Waals surface area contributed by atoms with Crippen molar-refractivity contribution in [1.29, 1.82) is 0 Å². The molecule has 2 aliphatic rings. The third-order valence-corrected chi connectivity index (χ3v) is 3.33. The Balaban J connectivity index is 2.04. The molecule has 0 atom stereocenters. The largest absolute Gasteiger partial charge is 0.382 e. The number of H-pyrrole nitrogens is 2. The van der Waals surface area contributed by atoms with Crippen LogP contribution in [-0.2, 0) is 0 Å². The lowest BCUT2D eigenvalue weighted by Gasteiger charge is -1.94. The molecule has 2 aromatic rings. The van der Waals surface area contributed by atoms with Crippen molar-refractivity contribution in [3.63, 3.8) is 0 Å². The van der Waals surface area contributed by atoms with Crippen LogP contribution in [0.1, 0.15) is 0 Å². The molecule has 0 radical (unpaired) electrons. The summed E-state index contributed by atoms with van der Waals surface area (Å²) in [5.74, 6) is 0.708. The van der Waals surface area contributed by atoms with Gasteiger partial charge < -0.3 is 15.7 Å². The Morgan fingerprint density at radius 3 is 2.76 bits per heavy atom. The van der Waals surface area contributed by atoms with Crippen molar-refractivity contribution < 1.29 is 0 Å². The van der Waals surface area contributed by atoms with Gasteiger partial charge in [-0.1, -0.05) is 24.3 Å². The van der Waals surface area contributed by atoms with Gasteiger partial charge in [-0.2, -0.15) is 0 Å². The molecule has 0 aromatic carbocycles. The summed E-state index contributed by atoms with van der Waals surface area (Å²) in [6.45, 7) is 0. The first-order valence-corrected chi connectivity index (χ1v) is 6.31. The number of nitrogen functional groups attached to an aromatic ring is 1. The van der Waals surface area contributed by atoms with E-state index in [-0.39, 0.29) is 11.4 Å². The minimum atomic E-state index is -0.207. The van der Waals surface area contributed by atoms with Crippen LogP contribution in [0.2, 0.25) is 0 Å². The fraction of sp³-hybridized carbons (Fsp3) is 0. The van der Waals surface area contributed by atoms with E-state index in [1.165, 1.54) is 6.33 Å². The van der Waals surface area contributed by atoms with Gasteiger partial charge in [-0.3, -0.25) is 4.79 Å². The highest BCUT2D eigenvalue weighted by molar-refractivity contribution is 5.87. The summed E-state index contributed by atoms with van der Waals surface area (Å²) >= 11 is 0. The summed E-state index contributed by atoms with van der Waals surface area (Å²) in [6.07, 6.45) is 1.35. The van der Waals surface area contributed by atoms with Gasteiger partial charge in [0, 0.05) is 11.3 Å². The minimum Gasteiger partial charge on any atom is -0.382 e. The zero-order valence-corrected chi connectivity index (χ0v) is 10.8. The molecular weight excluding hydrogens is 268 g/mol. The van der Waals surface area contributed by atoms with E-state index in [0.717, 1.165) is 11.3 Å². The lowest BCUT2D eigenvalue weighted by Crippen LogP contribution is -2.01. The van der Waals surface area contributed by atoms with Crippen LogP contribution >= 0.6 is 0 Å². The second-order valence-corrected chi connectivity index (χ2v) is 4.61. The first-order chi connectivity index (χ1) is 10.2. The summed E-state index contributed by atoms with van der Waals surface area (Å²) in [6, 6.07) is 9.34. The molecule has 0 bridgehead atoms. The molecule has 7 heteroatoms. The quantitative estimate of drug-likeness (QED) is 0.487. The highest BCUT2D eigenvalue weighted by atomic mass is 16.1. The Morgan fingerprint density at radius 1 is 1.05 bits per heavy atom. The molecule has 4 N–H and O–H groups in total. The van der Waals surface area contributed by atoms with Gasteiger partial charge in [-0.05, 0) is 6.07 Å². The average molecular weight is 278 g/mol. The molecule has 102 valence electrons. The van der Waals surface area contributed by atoms with E-state index >= 15 is 0 Å². The molecule has 0 spiro atoms. The fourth-order valence-corrected chi connectivity index (χ4v) is 2.38. The van der Waals surface area contributed by atoms with Crippen molar-refractivity contribution in [2.75, 3.05) is 5.73 Å². The van der Waals surface area contributed by atoms with Gasteiger partial charge in [-0.25, -0.2) is 15.0 Å². The van der Waals surface area contributed by atoms with Crippen LogP contribution in [0.4, 0.5) is 5.82 Å². The summed E-state index contributed by atoms with van der Waals surface area (Å²) in [4.78, 5) is 30.4. The number of hydrogen-bond donors (Lipinski definition) is 3. The number of nitrogens with two attached hydrogens (primary N) is 1. The van der Waals surface area contributed by atoms with Gasteiger partial charge >= 0.3 is 0 Å². The van der Waals surface area contributed by atoms with E-state index in [9.17, 15) is 4.79 Å². The van der Waals surface area contributed by atoms with E-state index in [1.807, 2.05) is 30.3 Å². The van der Waals surface area contributed by atoms with Crippen LogP contribution in [-0.4, -0.2) is 24.9 Å². The summed E-state index contributed by atoms with van der Waals surface area (Å²) in [5.41, 5.74) is 8.54. The minimum absolute atomic E-state index is 0.207. The predicted molar refractivity (Wildman–Crippen MR) is 78.8 cm³/mol. The highest BCUT2D eigenvalue weighted by Crippen LogP contribution is 2.29. The van der Waals surface area contributed by atoms with Crippen molar-refractivity contribution in [1.82, 2.24) is 24.9 Å². The zero-order chi connectivity index (χ0) is 14.4. The van der Waals surface area contributed by atoms with Gasteiger partial charge in [-0.15, -0.1) is 0 Å². The molecule has 3 heterocycles. The Morgan fingerprint density at radius 2 is 1.90 bits per heavy atom. The Kier molecular flexibility index (Phi) is 2.28. The lowest BCUT2D eigenvalue weighted by atomic mass is 10.1. The Hall–Kier alpha value is -3.22. The molecule has 21 heavy (non-hydrogen) atoms. The maximum absolute atomic E-state index is 12.2. The Bertz CT molecular complexity index is 986. The van der Waals surface area contributed by atoms with Crippen LogP contribution in [0, 0.1) is 0 Å². The molecule has 2 aromatic heterocycles. The number of nitrogens with zero attached hydrogens (tertiary/aromatic N) is 3. The first-order valence-electron chi connectivity index (χ1n) is 6.31. The number of imidazole rings is 1. The van der Waals surface area contributed by atoms with Crippen LogP contribution in [0.25, 0.3) is 33.8 Å². The summed E-state index contributed by atoms with van der Waals surface area (Å²) < 4.78 is 0. The molecule has 0 saturated carbocycles. The van der Waals surface area contributed by atoms with Crippen LogP contribution < -0.4 is 11.3 Å². The maximum Gasteiger partial charge on any atom is 0.260 e. The van der Waals surface area contributed by atoms with E-state index in [0.29, 0.717) is 22.6 Å². The SMILES string of the molecule is Nc1ncnc2[nH]c(-c3c4cccccc-4[nH]c3=O)nc12. The van der Waals surface area contributed by atoms with Gasteiger partial charge in [0.1, 0.15) is 12.2 Å². The number of anilines is 1. The smallest absolute Gasteiger partial charge is 0.260 e. The molecule has 1 aliphatic heterocycles. The topological polar surface area (TPSA) is 113 Å². The average Bonchev–Trinajstić information content (AvgIpc) is 2.93. The van der Waals surface area contributed by atoms with E-state index in [2.05, 4.69) is 24.9 Å². The van der Waals surface area contributed by atoms with Gasteiger partial charge in [0.05, 0.1) is 5.56 Å². The molecule has 0 amide bonds. The lowest BCUT2D eigenvalue weighted by molar-refractivity contribution is 1.21. The van der Waals surface area contributed by atoms with Crippen LogP contribution in [0.5, 0.6) is 0 Å². The summed E-state index contributed by atoms with van der Waals surface area (Å²) in [5, 5.41) is 0. The second kappa shape index (κ2) is 4.14. The number of rotatable bonds is 1. The number of aromatic nitrogens is 5. The van der Waals surface area contributed by atoms with Crippen molar-refractivity contribution in [2.45, 2.75) is 0 Å². The van der Waals surface area contributed by atoms with E-state index in [1.54, 1.807) is 0 Å². The number of nitrogens with one attached hydrogen (secondary N) is 2. The maximum atomic E-state index is 12.2. The monoisotopic (exact) mass is 278 g/mol. The fourth-order valence-electron chi connectivity index (χ4n) is 2.38. The van der Waals surface area contributed by atoms with Crippen LogP contribution in [0.3, 0.4) is 0 Å². The van der Waals surface area contributed by atoms with Crippen molar-refractivity contribution >= 4 is 17.0 Å². The third kappa shape index (κ3) is 1.68. The first kappa shape index (κ1) is 11.6.